The molecular formula is C27H23N3O7S. The number of thioether (sulfide) groups is 1. The van der Waals surface area contributed by atoms with Gasteiger partial charge in [-0.15, -0.1) is 0 Å². The molecule has 0 unspecified atom stereocenters. The average molecular weight is 534 g/mol. The highest BCUT2D eigenvalue weighted by Crippen LogP contribution is 2.35. The van der Waals surface area contributed by atoms with Crippen molar-refractivity contribution < 1.29 is 29.1 Å². The second kappa shape index (κ2) is 11.6. The summed E-state index contributed by atoms with van der Waals surface area (Å²) in [6, 6.07) is 17.6. The lowest BCUT2D eigenvalue weighted by Gasteiger charge is -2.13. The molecule has 1 amide bonds. The fraction of sp³-hybridized carbons (Fsp3) is 0.148. The number of likely N-dealkylation sites (N-methyl/N-ethyl adjacent to an activating group) is 1. The topological polar surface area (TPSA) is 132 Å². The number of aromatic carboxylic acids is 1. The van der Waals surface area contributed by atoms with Gasteiger partial charge in [-0.2, -0.15) is 0 Å². The Balaban J connectivity index is 1.52. The molecule has 1 saturated heterocycles. The van der Waals surface area contributed by atoms with E-state index in [1.54, 1.807) is 55.6 Å². The molecule has 0 bridgehead atoms. The van der Waals surface area contributed by atoms with E-state index < -0.39 is 10.9 Å². The lowest BCUT2D eigenvalue weighted by atomic mass is 10.1. The fourth-order valence-corrected chi connectivity index (χ4v) is 4.49. The molecule has 0 aliphatic carbocycles. The predicted molar refractivity (Wildman–Crippen MR) is 144 cm³/mol. The minimum Gasteiger partial charge on any atom is -0.490 e. The van der Waals surface area contributed by atoms with Gasteiger partial charge in [-0.25, -0.2) is 9.79 Å². The Kier molecular flexibility index (Phi) is 8.07. The van der Waals surface area contributed by atoms with Gasteiger partial charge < -0.3 is 14.6 Å². The third kappa shape index (κ3) is 6.19. The third-order valence-corrected chi connectivity index (χ3v) is 6.49. The van der Waals surface area contributed by atoms with Crippen LogP contribution in [0, 0.1) is 10.1 Å². The number of amidine groups is 1. The number of benzene rings is 3. The number of rotatable bonds is 9. The number of carbonyl (C=O) groups excluding carboxylic acids is 1. The number of carbonyl (C=O) groups is 2. The first-order valence-electron chi connectivity index (χ1n) is 11.5. The van der Waals surface area contributed by atoms with Gasteiger partial charge in [-0.3, -0.25) is 19.8 Å². The lowest BCUT2D eigenvalue weighted by molar-refractivity contribution is -0.384. The van der Waals surface area contributed by atoms with E-state index >= 15 is 0 Å². The summed E-state index contributed by atoms with van der Waals surface area (Å²) in [4.78, 5) is 40.8. The summed E-state index contributed by atoms with van der Waals surface area (Å²) in [6.07, 6.45) is 1.72. The van der Waals surface area contributed by atoms with Gasteiger partial charge in [0.2, 0.25) is 0 Å². The summed E-state index contributed by atoms with van der Waals surface area (Å²) >= 11 is 1.18. The number of carboxylic acids is 1. The van der Waals surface area contributed by atoms with Gasteiger partial charge in [0.15, 0.2) is 16.7 Å². The summed E-state index contributed by atoms with van der Waals surface area (Å²) in [5.74, 6) is -0.302. The molecule has 3 aromatic rings. The lowest BCUT2D eigenvalue weighted by Crippen LogP contribution is -2.23. The summed E-state index contributed by atoms with van der Waals surface area (Å²) in [6.45, 7) is 2.44. The van der Waals surface area contributed by atoms with E-state index in [9.17, 15) is 24.8 Å². The number of hydrogen-bond acceptors (Lipinski definition) is 8. The molecule has 1 N–H and O–H groups in total. The molecule has 1 heterocycles. The van der Waals surface area contributed by atoms with Gasteiger partial charge in [-0.1, -0.05) is 12.1 Å². The van der Waals surface area contributed by atoms with Crippen molar-refractivity contribution in [2.45, 2.75) is 13.5 Å². The van der Waals surface area contributed by atoms with Crippen molar-refractivity contribution in [2.24, 2.45) is 4.99 Å². The second-order valence-electron chi connectivity index (χ2n) is 8.08. The van der Waals surface area contributed by atoms with E-state index in [1.807, 2.05) is 6.92 Å². The number of aliphatic imine (C=N–C) groups is 1. The molecule has 0 radical (unpaired) electrons. The Morgan fingerprint density at radius 3 is 2.55 bits per heavy atom. The summed E-state index contributed by atoms with van der Waals surface area (Å²) in [7, 11) is 1.61. The Bertz CT molecular complexity index is 1450. The smallest absolute Gasteiger partial charge is 0.335 e. The number of carboxylic acid groups (broad SMARTS) is 1. The van der Waals surface area contributed by atoms with Gasteiger partial charge in [0.25, 0.3) is 11.6 Å². The van der Waals surface area contributed by atoms with Crippen molar-refractivity contribution in [1.29, 1.82) is 0 Å². The second-order valence-corrected chi connectivity index (χ2v) is 9.09. The van der Waals surface area contributed by atoms with Crippen LogP contribution in [0.4, 0.5) is 11.4 Å². The zero-order valence-corrected chi connectivity index (χ0v) is 21.3. The molecule has 0 aromatic heterocycles. The van der Waals surface area contributed by atoms with Crippen molar-refractivity contribution in [1.82, 2.24) is 4.90 Å². The molecule has 0 saturated carbocycles. The molecule has 1 fully saturated rings. The first-order valence-corrected chi connectivity index (χ1v) is 12.3. The Morgan fingerprint density at radius 1 is 1.11 bits per heavy atom. The molecule has 1 aliphatic rings. The first kappa shape index (κ1) is 26.4. The average Bonchev–Trinajstić information content (AvgIpc) is 3.16. The quantitative estimate of drug-likeness (QED) is 0.217. The zero-order chi connectivity index (χ0) is 27.2. The number of nitro groups is 1. The molecule has 38 heavy (non-hydrogen) atoms. The van der Waals surface area contributed by atoms with E-state index in [2.05, 4.69) is 4.99 Å². The largest absolute Gasteiger partial charge is 0.490 e. The molecule has 11 heteroatoms. The number of non-ortho nitro benzene ring substituents is 1. The van der Waals surface area contributed by atoms with Crippen LogP contribution >= 0.6 is 11.8 Å². The van der Waals surface area contributed by atoms with E-state index in [-0.39, 0.29) is 23.8 Å². The fourth-order valence-electron chi connectivity index (χ4n) is 3.50. The van der Waals surface area contributed by atoms with Crippen molar-refractivity contribution in [3.8, 4) is 11.5 Å². The van der Waals surface area contributed by atoms with E-state index in [1.165, 1.54) is 40.9 Å². The highest BCUT2D eigenvalue weighted by molar-refractivity contribution is 8.18. The van der Waals surface area contributed by atoms with Crippen LogP contribution in [0.25, 0.3) is 6.08 Å². The van der Waals surface area contributed by atoms with Gasteiger partial charge in [0.1, 0.15) is 6.61 Å². The molecule has 4 rings (SSSR count). The highest BCUT2D eigenvalue weighted by atomic mass is 32.2. The minimum absolute atomic E-state index is 0.00750. The summed E-state index contributed by atoms with van der Waals surface area (Å²) in [5.41, 5.74) is 2.03. The first-order chi connectivity index (χ1) is 18.2. The van der Waals surface area contributed by atoms with Crippen LogP contribution < -0.4 is 9.47 Å². The van der Waals surface area contributed by atoms with Gasteiger partial charge >= 0.3 is 5.97 Å². The van der Waals surface area contributed by atoms with Crippen LogP contribution in [0.5, 0.6) is 11.5 Å². The molecule has 194 valence electrons. The van der Waals surface area contributed by atoms with Crippen LogP contribution in [0.2, 0.25) is 0 Å². The Hall–Kier alpha value is -4.64. The van der Waals surface area contributed by atoms with E-state index in [0.29, 0.717) is 33.9 Å². The van der Waals surface area contributed by atoms with Crippen LogP contribution in [-0.2, 0) is 11.4 Å². The maximum Gasteiger partial charge on any atom is 0.335 e. The van der Waals surface area contributed by atoms with Crippen LogP contribution in [-0.4, -0.2) is 45.6 Å². The van der Waals surface area contributed by atoms with Crippen molar-refractivity contribution in [3.05, 3.63) is 98.4 Å². The predicted octanol–water partition coefficient (Wildman–Crippen LogP) is 5.50. The normalized spacial score (nSPS) is 15.2. The van der Waals surface area contributed by atoms with Crippen molar-refractivity contribution in [3.63, 3.8) is 0 Å². The number of amides is 1. The molecule has 10 nitrogen and oxygen atoms in total. The summed E-state index contributed by atoms with van der Waals surface area (Å²) < 4.78 is 11.6. The molecule has 1 aliphatic heterocycles. The summed E-state index contributed by atoms with van der Waals surface area (Å²) in [5, 5.41) is 20.5. The minimum atomic E-state index is -1.05. The van der Waals surface area contributed by atoms with E-state index in [0.717, 1.165) is 11.1 Å². The van der Waals surface area contributed by atoms with E-state index in [4.69, 9.17) is 9.47 Å². The van der Waals surface area contributed by atoms with Crippen LogP contribution in [0.1, 0.15) is 28.4 Å². The SMILES string of the molecule is CCOc1cc(/C=C2\SC(=Nc3cccc(C(=O)O)c3)N(C)C2=O)ccc1OCc1ccc([N+](=O)[O-])cc1. The van der Waals surface area contributed by atoms with Gasteiger partial charge in [-0.05, 0) is 78.4 Å². The van der Waals surface area contributed by atoms with Crippen LogP contribution in [0.3, 0.4) is 0 Å². The Labute approximate surface area is 222 Å². The van der Waals surface area contributed by atoms with Crippen LogP contribution in [0.15, 0.2) is 76.6 Å². The maximum absolute atomic E-state index is 12.9. The molecule has 0 atom stereocenters. The number of nitro benzene ring substituents is 1. The molecule has 3 aromatic carbocycles. The highest BCUT2D eigenvalue weighted by Gasteiger charge is 2.30. The number of nitrogens with zero attached hydrogens (tertiary/aromatic N) is 3. The van der Waals surface area contributed by atoms with Crippen molar-refractivity contribution >= 4 is 46.3 Å². The van der Waals surface area contributed by atoms with Gasteiger partial charge in [0, 0.05) is 19.2 Å². The standard InChI is InChI=1S/C27H23N3O7S/c1-3-36-23-13-18(9-12-22(23)37-16-17-7-10-21(11-8-17)30(34)35)14-24-25(31)29(2)27(38-24)28-20-6-4-5-19(15-20)26(32)33/h4-15H,3,16H2,1-2H3,(H,32,33)/b24-14-,28-27?. The number of ether oxygens (including phenoxy) is 2. The molecular weight excluding hydrogens is 510 g/mol. The van der Waals surface area contributed by atoms with Gasteiger partial charge in [0.05, 0.1) is 27.7 Å². The zero-order valence-electron chi connectivity index (χ0n) is 20.5. The Morgan fingerprint density at radius 2 is 1.87 bits per heavy atom. The number of hydrogen-bond donors (Lipinski definition) is 1. The maximum atomic E-state index is 12.9. The third-order valence-electron chi connectivity index (χ3n) is 5.43. The monoisotopic (exact) mass is 533 g/mol. The molecule has 0 spiro atoms. The van der Waals surface area contributed by atoms with Crippen molar-refractivity contribution in [2.75, 3.05) is 13.7 Å².